The van der Waals surface area contributed by atoms with Gasteiger partial charge in [0.15, 0.2) is 11.3 Å². The number of halogens is 3. The molecule has 0 saturated carbocycles. The number of aryl methyl sites for hydroxylation is 1. The Balaban J connectivity index is 2.10. The molecule has 5 nitrogen and oxygen atoms in total. The normalized spacial score (nSPS) is 11.7. The molecule has 0 aliphatic carbocycles. The van der Waals surface area contributed by atoms with Crippen LogP contribution in [-0.4, -0.2) is 24.2 Å². The summed E-state index contributed by atoms with van der Waals surface area (Å²) in [6, 6.07) is 2.83. The second-order valence-electron chi connectivity index (χ2n) is 6.00. The molecule has 1 amide bonds. The molecule has 0 radical (unpaired) electrons. The molecule has 0 aliphatic heterocycles. The van der Waals surface area contributed by atoms with Gasteiger partial charge >= 0.3 is 6.18 Å². The number of benzene rings is 1. The quantitative estimate of drug-likeness (QED) is 0.659. The first kappa shape index (κ1) is 20.1. The molecule has 0 aliphatic rings. The Morgan fingerprint density at radius 2 is 2.04 bits per heavy atom. The van der Waals surface area contributed by atoms with Crippen molar-refractivity contribution >= 4 is 16.9 Å². The highest BCUT2D eigenvalue weighted by Gasteiger charge is 2.37. The number of amides is 1. The Kier molecular flexibility index (Phi) is 6.88. The van der Waals surface area contributed by atoms with E-state index in [4.69, 9.17) is 9.26 Å². The molecule has 2 aromatic rings. The Morgan fingerprint density at radius 3 is 2.69 bits per heavy atom. The molecule has 1 aromatic heterocycles. The standard InChI is InChI=1S/C18H23F3N2O3/c1-3-6-12-14(25-11-5-7-15(24)22-10-4-2)9-8-13-16(12)26-23-17(13)18(19,20)21/h8-9H,3-7,10-11H2,1-2H3,(H,22,24). The molecular formula is C18H23F3N2O3. The second-order valence-corrected chi connectivity index (χ2v) is 6.00. The molecule has 2 rings (SSSR count). The fourth-order valence-corrected chi connectivity index (χ4v) is 2.64. The van der Waals surface area contributed by atoms with E-state index in [0.717, 1.165) is 12.8 Å². The number of hydrogen-bond donors (Lipinski definition) is 1. The SMILES string of the molecule is CCCNC(=O)CCCOc1ccc2c(C(F)(F)F)noc2c1CCC. The van der Waals surface area contributed by atoms with Crippen molar-refractivity contribution in [3.05, 3.63) is 23.4 Å². The minimum Gasteiger partial charge on any atom is -0.493 e. The predicted molar refractivity (Wildman–Crippen MR) is 91.0 cm³/mol. The van der Waals surface area contributed by atoms with Crippen LogP contribution < -0.4 is 10.1 Å². The molecular weight excluding hydrogens is 349 g/mol. The first-order valence-corrected chi connectivity index (χ1v) is 8.76. The topological polar surface area (TPSA) is 64.4 Å². The maximum atomic E-state index is 13.0. The predicted octanol–water partition coefficient (Wildman–Crippen LogP) is 4.48. The molecule has 0 unspecified atom stereocenters. The lowest BCUT2D eigenvalue weighted by Crippen LogP contribution is -2.24. The summed E-state index contributed by atoms with van der Waals surface area (Å²) in [5.74, 6) is 0.433. The van der Waals surface area contributed by atoms with Crippen molar-refractivity contribution in [1.82, 2.24) is 10.5 Å². The van der Waals surface area contributed by atoms with Gasteiger partial charge < -0.3 is 14.6 Å². The van der Waals surface area contributed by atoms with Crippen LogP contribution in [0.5, 0.6) is 5.75 Å². The van der Waals surface area contributed by atoms with Crippen LogP contribution in [0.15, 0.2) is 16.7 Å². The van der Waals surface area contributed by atoms with Gasteiger partial charge in [0, 0.05) is 18.5 Å². The van der Waals surface area contributed by atoms with Crippen LogP contribution in [0.2, 0.25) is 0 Å². The van der Waals surface area contributed by atoms with Gasteiger partial charge in [-0.2, -0.15) is 13.2 Å². The molecule has 1 aromatic carbocycles. The molecule has 8 heteroatoms. The Bertz CT molecular complexity index is 741. The summed E-state index contributed by atoms with van der Waals surface area (Å²) < 4.78 is 49.6. The van der Waals surface area contributed by atoms with Crippen LogP contribution in [0, 0.1) is 0 Å². The third-order valence-electron chi connectivity index (χ3n) is 3.85. The van der Waals surface area contributed by atoms with Gasteiger partial charge in [0.05, 0.1) is 12.0 Å². The van der Waals surface area contributed by atoms with Gasteiger partial charge in [-0.05, 0) is 31.4 Å². The Labute approximate surface area is 149 Å². The van der Waals surface area contributed by atoms with Crippen LogP contribution in [0.1, 0.15) is 50.8 Å². The third-order valence-corrected chi connectivity index (χ3v) is 3.85. The number of alkyl halides is 3. The molecule has 0 fully saturated rings. The van der Waals surface area contributed by atoms with E-state index in [0.29, 0.717) is 43.7 Å². The summed E-state index contributed by atoms with van der Waals surface area (Å²) in [7, 11) is 0. The van der Waals surface area contributed by atoms with Crippen LogP contribution >= 0.6 is 0 Å². The van der Waals surface area contributed by atoms with Crippen LogP contribution in [0.4, 0.5) is 13.2 Å². The molecule has 0 bridgehead atoms. The van der Waals surface area contributed by atoms with Gasteiger partial charge in [-0.15, -0.1) is 0 Å². The van der Waals surface area contributed by atoms with Crippen molar-refractivity contribution in [3.63, 3.8) is 0 Å². The van der Waals surface area contributed by atoms with Crippen LogP contribution in [0.3, 0.4) is 0 Å². The van der Waals surface area contributed by atoms with Crippen LogP contribution in [-0.2, 0) is 17.4 Å². The zero-order valence-corrected chi connectivity index (χ0v) is 14.9. The average molecular weight is 372 g/mol. The lowest BCUT2D eigenvalue weighted by atomic mass is 10.0. The number of nitrogens with zero attached hydrogens (tertiary/aromatic N) is 1. The van der Waals surface area contributed by atoms with Gasteiger partial charge in [-0.3, -0.25) is 4.79 Å². The minimum absolute atomic E-state index is 0.0373. The summed E-state index contributed by atoms with van der Waals surface area (Å²) in [4.78, 5) is 11.6. The maximum Gasteiger partial charge on any atom is 0.437 e. The number of carbonyl (C=O) groups is 1. The average Bonchev–Trinajstić information content (AvgIpc) is 3.03. The summed E-state index contributed by atoms with van der Waals surface area (Å²) in [5, 5.41) is 5.91. The first-order valence-electron chi connectivity index (χ1n) is 8.76. The largest absolute Gasteiger partial charge is 0.493 e. The zero-order chi connectivity index (χ0) is 19.2. The first-order chi connectivity index (χ1) is 12.4. The highest BCUT2D eigenvalue weighted by molar-refractivity contribution is 5.85. The van der Waals surface area contributed by atoms with Gasteiger partial charge in [0.2, 0.25) is 5.91 Å². The summed E-state index contributed by atoms with van der Waals surface area (Å²) in [5.41, 5.74) is -0.343. The van der Waals surface area contributed by atoms with Crippen molar-refractivity contribution < 1.29 is 27.2 Å². The molecule has 1 N–H and O–H groups in total. The van der Waals surface area contributed by atoms with Gasteiger partial charge in [-0.25, -0.2) is 0 Å². The zero-order valence-electron chi connectivity index (χ0n) is 14.9. The van der Waals surface area contributed by atoms with E-state index in [-0.39, 0.29) is 16.9 Å². The molecule has 1 heterocycles. The number of carbonyl (C=O) groups excluding carboxylic acids is 1. The third kappa shape index (κ3) is 4.89. The molecule has 144 valence electrons. The lowest BCUT2D eigenvalue weighted by Gasteiger charge is -2.11. The Morgan fingerprint density at radius 1 is 1.27 bits per heavy atom. The van der Waals surface area contributed by atoms with Crippen molar-refractivity contribution in [3.8, 4) is 5.75 Å². The fraction of sp³-hybridized carbons (Fsp3) is 0.556. The number of hydrogen-bond acceptors (Lipinski definition) is 4. The van der Waals surface area contributed by atoms with E-state index >= 15 is 0 Å². The molecule has 0 spiro atoms. The molecule has 26 heavy (non-hydrogen) atoms. The highest BCUT2D eigenvalue weighted by Crippen LogP contribution is 2.38. The summed E-state index contributed by atoms with van der Waals surface area (Å²) >= 11 is 0. The Hall–Kier alpha value is -2.25. The van der Waals surface area contributed by atoms with E-state index in [1.165, 1.54) is 12.1 Å². The van der Waals surface area contributed by atoms with E-state index in [2.05, 4.69) is 10.5 Å². The monoisotopic (exact) mass is 372 g/mol. The number of aromatic nitrogens is 1. The van der Waals surface area contributed by atoms with Crippen molar-refractivity contribution in [2.24, 2.45) is 0 Å². The number of fused-ring (bicyclic) bond motifs is 1. The minimum atomic E-state index is -4.57. The van der Waals surface area contributed by atoms with E-state index in [1.54, 1.807) is 0 Å². The van der Waals surface area contributed by atoms with E-state index in [1.807, 2.05) is 13.8 Å². The van der Waals surface area contributed by atoms with E-state index < -0.39 is 11.9 Å². The van der Waals surface area contributed by atoms with Crippen LogP contribution in [0.25, 0.3) is 11.0 Å². The summed E-state index contributed by atoms with van der Waals surface area (Å²) in [6.45, 7) is 4.83. The number of rotatable bonds is 9. The number of nitrogens with one attached hydrogen (secondary N) is 1. The second kappa shape index (κ2) is 8.91. The lowest BCUT2D eigenvalue weighted by molar-refractivity contribution is -0.141. The molecule has 0 saturated heterocycles. The number of ether oxygens (including phenoxy) is 1. The van der Waals surface area contributed by atoms with Gasteiger partial charge in [-0.1, -0.05) is 25.4 Å². The van der Waals surface area contributed by atoms with Gasteiger partial charge in [0.25, 0.3) is 0 Å². The van der Waals surface area contributed by atoms with E-state index in [9.17, 15) is 18.0 Å². The maximum absolute atomic E-state index is 13.0. The van der Waals surface area contributed by atoms with Gasteiger partial charge in [0.1, 0.15) is 5.75 Å². The van der Waals surface area contributed by atoms with Crippen molar-refractivity contribution in [2.45, 2.75) is 52.1 Å². The molecule has 0 atom stereocenters. The smallest absolute Gasteiger partial charge is 0.437 e. The van der Waals surface area contributed by atoms with Crippen molar-refractivity contribution in [1.29, 1.82) is 0 Å². The highest BCUT2D eigenvalue weighted by atomic mass is 19.4. The fourth-order valence-electron chi connectivity index (χ4n) is 2.64. The summed E-state index contributed by atoms with van der Waals surface area (Å²) in [6.07, 6.45) is -1.61. The van der Waals surface area contributed by atoms with Crippen molar-refractivity contribution in [2.75, 3.05) is 13.2 Å².